The van der Waals surface area contributed by atoms with Crippen molar-refractivity contribution in [3.05, 3.63) is 6.20 Å². The van der Waals surface area contributed by atoms with Crippen LogP contribution in [-0.2, 0) is 4.79 Å². The molecule has 2 heterocycles. The summed E-state index contributed by atoms with van der Waals surface area (Å²) in [5.74, 6) is 1.18. The molecule has 0 unspecified atom stereocenters. The number of aromatic amines is 1. The van der Waals surface area contributed by atoms with Gasteiger partial charge in [-0.25, -0.2) is 0 Å². The largest absolute Gasteiger partial charge is 0.357 e. The number of aromatic nitrogens is 4. The lowest BCUT2D eigenvalue weighted by Crippen LogP contribution is -2.36. The highest BCUT2D eigenvalue weighted by Gasteiger charge is 2.24. The van der Waals surface area contributed by atoms with Gasteiger partial charge in [-0.3, -0.25) is 9.89 Å². The van der Waals surface area contributed by atoms with Gasteiger partial charge >= 0.3 is 0 Å². The van der Waals surface area contributed by atoms with E-state index in [1.807, 2.05) is 7.05 Å². The van der Waals surface area contributed by atoms with Gasteiger partial charge in [0.2, 0.25) is 11.9 Å². The van der Waals surface area contributed by atoms with Gasteiger partial charge in [0.1, 0.15) is 5.82 Å². The number of H-pyrrole nitrogens is 1. The zero-order chi connectivity index (χ0) is 14.1. The summed E-state index contributed by atoms with van der Waals surface area (Å²) >= 11 is 0. The van der Waals surface area contributed by atoms with Crippen molar-refractivity contribution in [1.82, 2.24) is 25.5 Å². The van der Waals surface area contributed by atoms with Gasteiger partial charge in [0.05, 0.1) is 18.1 Å². The van der Waals surface area contributed by atoms with Crippen LogP contribution in [0.4, 0.5) is 11.8 Å². The number of hydrogen-bond donors (Lipinski definition) is 3. The number of nitrogens with zero attached hydrogens (tertiary/aromatic N) is 4. The van der Waals surface area contributed by atoms with E-state index in [2.05, 4.69) is 30.8 Å². The summed E-state index contributed by atoms with van der Waals surface area (Å²) in [6.07, 6.45) is 3.83. The molecule has 0 aromatic carbocycles. The SMILES string of the molecule is CNc1nc(N(C)CC(=O)NC2CC2)c2cn[nH]c2n1. The molecule has 0 saturated heterocycles. The lowest BCUT2D eigenvalue weighted by molar-refractivity contribution is -0.119. The Labute approximate surface area is 116 Å². The maximum Gasteiger partial charge on any atom is 0.239 e. The number of hydrogen-bond acceptors (Lipinski definition) is 6. The second-order valence-corrected chi connectivity index (χ2v) is 4.95. The molecule has 0 atom stereocenters. The van der Waals surface area contributed by atoms with Crippen LogP contribution in [0.15, 0.2) is 6.20 Å². The monoisotopic (exact) mass is 275 g/mol. The molecule has 106 valence electrons. The number of nitrogens with one attached hydrogen (secondary N) is 3. The average Bonchev–Trinajstić information content (AvgIpc) is 3.11. The maximum absolute atomic E-state index is 11.9. The van der Waals surface area contributed by atoms with Crippen LogP contribution in [0.2, 0.25) is 0 Å². The number of amides is 1. The summed E-state index contributed by atoms with van der Waals surface area (Å²) in [7, 11) is 3.59. The summed E-state index contributed by atoms with van der Waals surface area (Å²) in [5, 5.41) is 13.5. The molecule has 0 aliphatic heterocycles. The lowest BCUT2D eigenvalue weighted by Gasteiger charge is -2.18. The van der Waals surface area contributed by atoms with E-state index in [1.54, 1.807) is 18.1 Å². The molecule has 3 N–H and O–H groups in total. The van der Waals surface area contributed by atoms with Gasteiger partial charge in [-0.15, -0.1) is 0 Å². The van der Waals surface area contributed by atoms with Crippen molar-refractivity contribution < 1.29 is 4.79 Å². The fourth-order valence-corrected chi connectivity index (χ4v) is 2.01. The second kappa shape index (κ2) is 4.95. The predicted molar refractivity (Wildman–Crippen MR) is 75.7 cm³/mol. The number of carbonyl (C=O) groups is 1. The molecule has 2 aromatic heterocycles. The predicted octanol–water partition coefficient (Wildman–Crippen LogP) is 0.109. The molecular weight excluding hydrogens is 258 g/mol. The van der Waals surface area contributed by atoms with Crippen molar-refractivity contribution in [3.8, 4) is 0 Å². The van der Waals surface area contributed by atoms with Gasteiger partial charge in [-0.2, -0.15) is 15.1 Å². The molecular formula is C12H17N7O. The molecule has 0 spiro atoms. The van der Waals surface area contributed by atoms with Crippen LogP contribution in [-0.4, -0.2) is 52.8 Å². The summed E-state index contributed by atoms with van der Waals surface area (Å²) in [4.78, 5) is 22.3. The highest BCUT2D eigenvalue weighted by Crippen LogP contribution is 2.23. The minimum Gasteiger partial charge on any atom is -0.357 e. The fraction of sp³-hybridized carbons (Fsp3) is 0.500. The normalized spacial score (nSPS) is 14.3. The zero-order valence-electron chi connectivity index (χ0n) is 11.5. The van der Waals surface area contributed by atoms with Gasteiger partial charge in [0, 0.05) is 20.1 Å². The van der Waals surface area contributed by atoms with Crippen LogP contribution >= 0.6 is 0 Å². The van der Waals surface area contributed by atoms with E-state index in [0.29, 0.717) is 23.5 Å². The fourth-order valence-electron chi connectivity index (χ4n) is 2.01. The minimum atomic E-state index is 0.0104. The van der Waals surface area contributed by atoms with Crippen LogP contribution < -0.4 is 15.5 Å². The van der Waals surface area contributed by atoms with Crippen molar-refractivity contribution in [1.29, 1.82) is 0 Å². The number of carbonyl (C=O) groups excluding carboxylic acids is 1. The van der Waals surface area contributed by atoms with E-state index in [9.17, 15) is 4.79 Å². The van der Waals surface area contributed by atoms with E-state index >= 15 is 0 Å². The van der Waals surface area contributed by atoms with Gasteiger partial charge in [0.25, 0.3) is 0 Å². The summed E-state index contributed by atoms with van der Waals surface area (Å²) in [5.41, 5.74) is 0.647. The van der Waals surface area contributed by atoms with Crippen molar-refractivity contribution in [2.24, 2.45) is 0 Å². The van der Waals surface area contributed by atoms with E-state index < -0.39 is 0 Å². The molecule has 20 heavy (non-hydrogen) atoms. The van der Waals surface area contributed by atoms with Crippen LogP contribution in [0, 0.1) is 0 Å². The Kier molecular flexibility index (Phi) is 3.13. The van der Waals surface area contributed by atoms with Gasteiger partial charge < -0.3 is 15.5 Å². The van der Waals surface area contributed by atoms with Crippen molar-refractivity contribution in [3.63, 3.8) is 0 Å². The average molecular weight is 275 g/mol. The Bertz CT molecular complexity index is 634. The van der Waals surface area contributed by atoms with Crippen molar-refractivity contribution in [2.45, 2.75) is 18.9 Å². The first kappa shape index (κ1) is 12.6. The summed E-state index contributed by atoms with van der Waals surface area (Å²) in [6, 6.07) is 0.364. The molecule has 1 saturated carbocycles. The van der Waals surface area contributed by atoms with Crippen LogP contribution in [0.1, 0.15) is 12.8 Å². The Morgan fingerprint density at radius 1 is 1.50 bits per heavy atom. The molecule has 8 nitrogen and oxygen atoms in total. The standard InChI is InChI=1S/C12H17N7O/c1-13-12-16-10-8(5-14-18-10)11(17-12)19(2)6-9(20)15-7-3-4-7/h5,7H,3-4,6H2,1-2H3,(H,15,20)(H2,13,14,16,17,18). The summed E-state index contributed by atoms with van der Waals surface area (Å²) < 4.78 is 0. The third-order valence-corrected chi connectivity index (χ3v) is 3.20. The first-order valence-electron chi connectivity index (χ1n) is 6.56. The molecule has 1 aliphatic rings. The van der Waals surface area contributed by atoms with E-state index in [-0.39, 0.29) is 12.5 Å². The highest BCUT2D eigenvalue weighted by atomic mass is 16.2. The number of likely N-dealkylation sites (N-methyl/N-ethyl adjacent to an activating group) is 1. The third kappa shape index (κ3) is 2.49. The topological polar surface area (TPSA) is 98.8 Å². The maximum atomic E-state index is 11.9. The minimum absolute atomic E-state index is 0.0104. The van der Waals surface area contributed by atoms with E-state index in [1.165, 1.54) is 0 Å². The van der Waals surface area contributed by atoms with Crippen molar-refractivity contribution in [2.75, 3.05) is 30.9 Å². The van der Waals surface area contributed by atoms with Gasteiger partial charge in [-0.1, -0.05) is 0 Å². The first-order chi connectivity index (χ1) is 9.67. The smallest absolute Gasteiger partial charge is 0.239 e. The Balaban J connectivity index is 1.83. The quantitative estimate of drug-likeness (QED) is 0.716. The van der Waals surface area contributed by atoms with Crippen LogP contribution in [0.25, 0.3) is 11.0 Å². The Morgan fingerprint density at radius 3 is 3.00 bits per heavy atom. The van der Waals surface area contributed by atoms with Gasteiger partial charge in [0.15, 0.2) is 5.65 Å². The molecule has 3 rings (SSSR count). The molecule has 2 aromatic rings. The third-order valence-electron chi connectivity index (χ3n) is 3.20. The van der Waals surface area contributed by atoms with E-state index in [0.717, 1.165) is 18.2 Å². The number of fused-ring (bicyclic) bond motifs is 1. The molecule has 8 heteroatoms. The van der Waals surface area contributed by atoms with Crippen LogP contribution in [0.3, 0.4) is 0 Å². The summed E-state index contributed by atoms with van der Waals surface area (Å²) in [6.45, 7) is 0.261. The van der Waals surface area contributed by atoms with Crippen LogP contribution in [0.5, 0.6) is 0 Å². The van der Waals surface area contributed by atoms with Gasteiger partial charge in [-0.05, 0) is 12.8 Å². The van der Waals surface area contributed by atoms with E-state index in [4.69, 9.17) is 0 Å². The number of rotatable bonds is 5. The zero-order valence-corrected chi connectivity index (χ0v) is 11.5. The highest BCUT2D eigenvalue weighted by molar-refractivity contribution is 5.90. The lowest BCUT2D eigenvalue weighted by atomic mass is 10.3. The molecule has 1 aliphatic carbocycles. The second-order valence-electron chi connectivity index (χ2n) is 4.95. The Hall–Kier alpha value is -2.38. The molecule has 1 fully saturated rings. The molecule has 0 bridgehead atoms. The van der Waals surface area contributed by atoms with Crippen molar-refractivity contribution >= 4 is 28.7 Å². The molecule has 1 amide bonds. The molecule has 0 radical (unpaired) electrons. The number of anilines is 2. The Morgan fingerprint density at radius 2 is 2.30 bits per heavy atom. The first-order valence-corrected chi connectivity index (χ1v) is 6.56.